The average molecular weight is 362 g/mol. The molecule has 1 fully saturated rings. The molecule has 3 rings (SSSR count). The van der Waals surface area contributed by atoms with Crippen LogP contribution in [0.15, 0.2) is 41.3 Å². The fourth-order valence-electron chi connectivity index (χ4n) is 3.01. The van der Waals surface area contributed by atoms with E-state index in [9.17, 15) is 24.6 Å². The molecule has 1 aromatic rings. The summed E-state index contributed by atoms with van der Waals surface area (Å²) >= 11 is 1.24. The van der Waals surface area contributed by atoms with Crippen LogP contribution in [0.2, 0.25) is 0 Å². The predicted octanol–water partition coefficient (Wildman–Crippen LogP) is 0.347. The number of fused-ring (bicyclic) bond motifs is 1. The highest BCUT2D eigenvalue weighted by atomic mass is 32.2. The minimum absolute atomic E-state index is 0.152. The van der Waals surface area contributed by atoms with E-state index in [4.69, 9.17) is 0 Å². The molecule has 2 heterocycles. The summed E-state index contributed by atoms with van der Waals surface area (Å²) in [6.07, 6.45) is -0.812. The van der Waals surface area contributed by atoms with Crippen LogP contribution < -0.4 is 5.32 Å². The lowest BCUT2D eigenvalue weighted by atomic mass is 9.95. The third kappa shape index (κ3) is 3.27. The van der Waals surface area contributed by atoms with Crippen LogP contribution in [0.4, 0.5) is 0 Å². The molecular weight excluding hydrogens is 344 g/mol. The van der Waals surface area contributed by atoms with Crippen LogP contribution in [0.25, 0.3) is 0 Å². The molecule has 132 valence electrons. The summed E-state index contributed by atoms with van der Waals surface area (Å²) in [6.45, 7) is 1.46. The van der Waals surface area contributed by atoms with Crippen molar-refractivity contribution in [2.75, 3.05) is 0 Å². The molecule has 1 aromatic carbocycles. The van der Waals surface area contributed by atoms with Gasteiger partial charge < -0.3 is 20.4 Å². The molecule has 0 spiro atoms. The van der Waals surface area contributed by atoms with Crippen LogP contribution in [0, 0.1) is 0 Å². The molecule has 1 saturated heterocycles. The van der Waals surface area contributed by atoms with Crippen LogP contribution in [-0.2, 0) is 20.8 Å². The molecule has 2 amide bonds. The lowest BCUT2D eigenvalue weighted by molar-refractivity contribution is -0.160. The van der Waals surface area contributed by atoms with Gasteiger partial charge in [-0.1, -0.05) is 30.3 Å². The van der Waals surface area contributed by atoms with Gasteiger partial charge in [0.2, 0.25) is 11.8 Å². The number of hydrogen-bond donors (Lipinski definition) is 3. The van der Waals surface area contributed by atoms with Crippen molar-refractivity contribution in [2.24, 2.45) is 0 Å². The van der Waals surface area contributed by atoms with E-state index in [-0.39, 0.29) is 17.9 Å². The van der Waals surface area contributed by atoms with E-state index >= 15 is 0 Å². The Morgan fingerprint density at radius 3 is 2.60 bits per heavy atom. The lowest BCUT2D eigenvalue weighted by Gasteiger charge is -2.51. The third-order valence-corrected chi connectivity index (χ3v) is 5.44. The Balaban J connectivity index is 1.70. The number of aliphatic carboxylic acids is 1. The number of carboxylic acids is 1. The van der Waals surface area contributed by atoms with Gasteiger partial charge >= 0.3 is 5.97 Å². The zero-order valence-corrected chi connectivity index (χ0v) is 14.3. The number of carboxylic acid groups (broad SMARTS) is 1. The van der Waals surface area contributed by atoms with Crippen LogP contribution in [0.5, 0.6) is 0 Å². The molecule has 3 N–H and O–H groups in total. The molecule has 2 aliphatic rings. The van der Waals surface area contributed by atoms with Gasteiger partial charge in [0.15, 0.2) is 6.04 Å². The van der Waals surface area contributed by atoms with Crippen LogP contribution in [0.1, 0.15) is 12.5 Å². The molecular formula is C17H18N2O5S. The molecule has 8 heteroatoms. The number of amides is 2. The topological polar surface area (TPSA) is 107 Å². The number of benzene rings is 1. The molecule has 4 atom stereocenters. The first-order valence-electron chi connectivity index (χ1n) is 7.82. The van der Waals surface area contributed by atoms with E-state index in [1.54, 1.807) is 5.41 Å². The number of aliphatic hydroxyl groups excluding tert-OH is 1. The van der Waals surface area contributed by atoms with E-state index in [2.05, 4.69) is 5.32 Å². The van der Waals surface area contributed by atoms with Crippen molar-refractivity contribution < 1.29 is 24.6 Å². The van der Waals surface area contributed by atoms with Gasteiger partial charge in [-0.25, -0.2) is 4.79 Å². The molecule has 0 radical (unpaired) electrons. The molecule has 0 aromatic heterocycles. The summed E-state index contributed by atoms with van der Waals surface area (Å²) in [5, 5.41) is 22.9. The highest BCUT2D eigenvalue weighted by Gasteiger charge is 2.56. The van der Waals surface area contributed by atoms with E-state index in [1.165, 1.54) is 23.6 Å². The number of carbonyl (C=O) groups is 3. The summed E-state index contributed by atoms with van der Waals surface area (Å²) in [7, 11) is 0. The van der Waals surface area contributed by atoms with Crippen molar-refractivity contribution in [2.45, 2.75) is 36.9 Å². The van der Waals surface area contributed by atoms with E-state index in [0.717, 1.165) is 5.56 Å². The summed E-state index contributed by atoms with van der Waals surface area (Å²) in [5.74, 6) is -1.93. The van der Waals surface area contributed by atoms with Gasteiger partial charge in [-0.05, 0) is 23.5 Å². The quantitative estimate of drug-likeness (QED) is 0.653. The first-order valence-corrected chi connectivity index (χ1v) is 8.76. The average Bonchev–Trinajstić information content (AvgIpc) is 2.58. The first-order chi connectivity index (χ1) is 11.9. The molecule has 3 unspecified atom stereocenters. The predicted molar refractivity (Wildman–Crippen MR) is 91.5 cm³/mol. The molecule has 0 saturated carbocycles. The maximum Gasteiger partial charge on any atom is 0.330 e. The van der Waals surface area contributed by atoms with Crippen LogP contribution >= 0.6 is 11.8 Å². The molecule has 2 aliphatic heterocycles. The van der Waals surface area contributed by atoms with Gasteiger partial charge in [0.25, 0.3) is 0 Å². The smallest absolute Gasteiger partial charge is 0.330 e. The van der Waals surface area contributed by atoms with Crippen molar-refractivity contribution >= 4 is 29.5 Å². The summed E-state index contributed by atoms with van der Waals surface area (Å²) < 4.78 is 0. The Kier molecular flexibility index (Phi) is 4.82. The number of rotatable bonds is 5. The summed E-state index contributed by atoms with van der Waals surface area (Å²) in [6, 6.07) is 7.21. The fraction of sp³-hybridized carbons (Fsp3) is 0.353. The van der Waals surface area contributed by atoms with E-state index in [0.29, 0.717) is 0 Å². The highest BCUT2D eigenvalue weighted by molar-refractivity contribution is 8.02. The van der Waals surface area contributed by atoms with Gasteiger partial charge in [-0.3, -0.25) is 9.59 Å². The van der Waals surface area contributed by atoms with Gasteiger partial charge in [0, 0.05) is 0 Å². The number of nitrogens with one attached hydrogen (secondary N) is 1. The Morgan fingerprint density at radius 1 is 1.32 bits per heavy atom. The molecule has 0 aliphatic carbocycles. The van der Waals surface area contributed by atoms with Crippen molar-refractivity contribution in [1.82, 2.24) is 10.2 Å². The Labute approximate surface area is 148 Å². The van der Waals surface area contributed by atoms with Crippen molar-refractivity contribution in [3.63, 3.8) is 0 Å². The van der Waals surface area contributed by atoms with E-state index < -0.39 is 35.4 Å². The van der Waals surface area contributed by atoms with Crippen molar-refractivity contribution in [3.8, 4) is 0 Å². The lowest BCUT2D eigenvalue weighted by Crippen LogP contribution is -2.74. The highest BCUT2D eigenvalue weighted by Crippen LogP contribution is 2.40. The van der Waals surface area contributed by atoms with Crippen LogP contribution in [0.3, 0.4) is 0 Å². The Bertz CT molecular complexity index is 734. The maximum atomic E-state index is 12.4. The Hall–Kier alpha value is -2.32. The number of carbonyl (C=O) groups excluding carboxylic acids is 2. The number of nitrogens with zero attached hydrogens (tertiary/aromatic N) is 1. The Morgan fingerprint density at radius 2 is 2.00 bits per heavy atom. The minimum atomic E-state index is -1.19. The fourth-order valence-corrected chi connectivity index (χ4v) is 4.33. The van der Waals surface area contributed by atoms with Gasteiger partial charge in [0.1, 0.15) is 11.4 Å². The summed E-state index contributed by atoms with van der Waals surface area (Å²) in [4.78, 5) is 37.3. The van der Waals surface area contributed by atoms with Crippen molar-refractivity contribution in [1.29, 1.82) is 0 Å². The second-order valence-electron chi connectivity index (χ2n) is 6.01. The number of thioether (sulfide) groups is 1. The van der Waals surface area contributed by atoms with Crippen LogP contribution in [-0.4, -0.2) is 56.5 Å². The largest absolute Gasteiger partial charge is 0.479 e. The molecule has 7 nitrogen and oxygen atoms in total. The first kappa shape index (κ1) is 17.5. The molecule has 25 heavy (non-hydrogen) atoms. The second kappa shape index (κ2) is 6.89. The van der Waals surface area contributed by atoms with Gasteiger partial charge in [-0.2, -0.15) is 0 Å². The second-order valence-corrected chi connectivity index (χ2v) is 7.01. The normalized spacial score (nSPS) is 26.2. The summed E-state index contributed by atoms with van der Waals surface area (Å²) in [5.41, 5.74) is 1.11. The van der Waals surface area contributed by atoms with Crippen molar-refractivity contribution in [3.05, 3.63) is 46.9 Å². The number of aliphatic hydroxyl groups is 1. The third-order valence-electron chi connectivity index (χ3n) is 4.26. The zero-order valence-electron chi connectivity index (χ0n) is 13.5. The number of β-lactam (4-membered cyclic amide) rings is 1. The van der Waals surface area contributed by atoms with E-state index in [1.807, 2.05) is 30.3 Å². The maximum absolute atomic E-state index is 12.4. The zero-order chi connectivity index (χ0) is 18.1. The standard InChI is InChI=1S/C17H18N2O5S/c1-9(20)11-8-25-16-13(15(22)19(16)14(11)17(23)24)18-12(21)7-10-5-3-2-4-6-10/h2-6,8-9,13-14,16,20H,7H2,1H3,(H,18,21)(H,23,24)/t9?,13?,14?,16-/m0/s1. The molecule has 0 bridgehead atoms. The minimum Gasteiger partial charge on any atom is -0.479 e. The van der Waals surface area contributed by atoms with Gasteiger partial charge in [0.05, 0.1) is 12.5 Å². The SMILES string of the molecule is CC(O)C1=CS[C@H]2C(NC(=O)Cc3ccccc3)C(=O)N2C1C(=O)O. The monoisotopic (exact) mass is 362 g/mol. The van der Waals surface area contributed by atoms with Gasteiger partial charge in [-0.15, -0.1) is 11.8 Å². The number of hydrogen-bond acceptors (Lipinski definition) is 5.